The summed E-state index contributed by atoms with van der Waals surface area (Å²) >= 11 is 1.56. The Bertz CT molecular complexity index is 1410. The van der Waals surface area contributed by atoms with Crippen LogP contribution in [0.25, 0.3) is 10.6 Å². The number of sulfonamides is 1. The van der Waals surface area contributed by atoms with Gasteiger partial charge in [-0.3, -0.25) is 14.6 Å². The number of rotatable bonds is 6. The number of thiophene rings is 1. The average molecular weight is 497 g/mol. The minimum atomic E-state index is -3.86. The van der Waals surface area contributed by atoms with E-state index in [0.717, 1.165) is 17.0 Å². The summed E-state index contributed by atoms with van der Waals surface area (Å²) in [5.41, 5.74) is 1.49. The van der Waals surface area contributed by atoms with Crippen molar-refractivity contribution in [2.45, 2.75) is 11.3 Å². The Balaban J connectivity index is 1.26. The van der Waals surface area contributed by atoms with Crippen molar-refractivity contribution in [2.24, 2.45) is 0 Å². The fourth-order valence-electron chi connectivity index (χ4n) is 3.35. The smallest absolute Gasteiger partial charge is 0.262 e. The van der Waals surface area contributed by atoms with E-state index in [2.05, 4.69) is 20.2 Å². The maximum absolute atomic E-state index is 12.8. The molecule has 0 radical (unpaired) electrons. The molecule has 0 fully saturated rings. The van der Waals surface area contributed by atoms with E-state index < -0.39 is 10.0 Å². The number of amides is 1. The normalized spacial score (nSPS) is 13.2. The molecule has 1 aliphatic heterocycles. The van der Waals surface area contributed by atoms with Crippen molar-refractivity contribution in [1.82, 2.24) is 10.2 Å². The van der Waals surface area contributed by atoms with Crippen LogP contribution in [-0.2, 0) is 10.0 Å². The van der Waals surface area contributed by atoms with Crippen molar-refractivity contribution in [3.05, 3.63) is 71.6 Å². The van der Waals surface area contributed by atoms with Crippen LogP contribution in [-0.4, -0.2) is 37.7 Å². The van der Waals surface area contributed by atoms with E-state index in [9.17, 15) is 13.2 Å². The standard InChI is InChI=1S/C23H20N4O5S2/c28-23(24-22-14-18(25-26-22)21-3-1-12-33-21)15-4-6-16(7-5-15)27-34(29,30)17-8-9-19-20(13-17)32-11-2-10-31-19/h1,3-9,12-14,27H,2,10-11H2,(H2,24,25,26,28). The number of H-pyrrole nitrogens is 1. The predicted octanol–water partition coefficient (Wildman–Crippen LogP) is 4.35. The summed E-state index contributed by atoms with van der Waals surface area (Å²) in [6, 6.07) is 16.3. The molecule has 2 aromatic carbocycles. The third-order valence-corrected chi connectivity index (χ3v) is 7.32. The number of aromatic amines is 1. The zero-order chi connectivity index (χ0) is 23.5. The number of nitrogens with zero attached hydrogens (tertiary/aromatic N) is 1. The zero-order valence-electron chi connectivity index (χ0n) is 17.8. The second-order valence-electron chi connectivity index (χ2n) is 7.44. The van der Waals surface area contributed by atoms with Gasteiger partial charge in [0.25, 0.3) is 15.9 Å². The van der Waals surface area contributed by atoms with E-state index in [-0.39, 0.29) is 10.8 Å². The molecule has 3 N–H and O–H groups in total. The number of carbonyl (C=O) groups is 1. The Morgan fingerprint density at radius 3 is 2.56 bits per heavy atom. The minimum absolute atomic E-state index is 0.0543. The molecule has 0 unspecified atom stereocenters. The van der Waals surface area contributed by atoms with Gasteiger partial charge in [0.1, 0.15) is 0 Å². The van der Waals surface area contributed by atoms with E-state index in [1.54, 1.807) is 23.5 Å². The summed E-state index contributed by atoms with van der Waals surface area (Å²) in [5, 5.41) is 11.7. The molecule has 3 heterocycles. The van der Waals surface area contributed by atoms with Gasteiger partial charge >= 0.3 is 0 Å². The van der Waals surface area contributed by atoms with Crippen molar-refractivity contribution >= 4 is 38.8 Å². The maximum Gasteiger partial charge on any atom is 0.262 e. The van der Waals surface area contributed by atoms with Gasteiger partial charge in [-0.2, -0.15) is 5.10 Å². The Morgan fingerprint density at radius 2 is 1.79 bits per heavy atom. The first-order valence-corrected chi connectivity index (χ1v) is 12.8. The Labute approximate surface area is 199 Å². The Morgan fingerprint density at radius 1 is 1.00 bits per heavy atom. The van der Waals surface area contributed by atoms with Gasteiger partial charge in [-0.25, -0.2) is 8.42 Å². The Hall–Kier alpha value is -3.83. The molecule has 4 aromatic rings. The lowest BCUT2D eigenvalue weighted by molar-refractivity contribution is 0.102. The molecule has 9 nitrogen and oxygen atoms in total. The van der Waals surface area contributed by atoms with Gasteiger partial charge in [-0.15, -0.1) is 11.3 Å². The molecule has 0 aliphatic carbocycles. The lowest BCUT2D eigenvalue weighted by Gasteiger charge is -2.12. The van der Waals surface area contributed by atoms with E-state index in [1.165, 1.54) is 36.4 Å². The summed E-state index contributed by atoms with van der Waals surface area (Å²) < 4.78 is 39.3. The van der Waals surface area contributed by atoms with Gasteiger partial charge in [-0.1, -0.05) is 6.07 Å². The molecule has 0 spiro atoms. The first-order valence-electron chi connectivity index (χ1n) is 10.4. The van der Waals surface area contributed by atoms with Gasteiger partial charge in [-0.05, 0) is 47.8 Å². The number of ether oxygens (including phenoxy) is 2. The quantitative estimate of drug-likeness (QED) is 0.365. The lowest BCUT2D eigenvalue weighted by Crippen LogP contribution is -2.14. The molecule has 174 valence electrons. The number of hydrogen-bond donors (Lipinski definition) is 3. The SMILES string of the molecule is O=C(Nc1cc(-c2cccs2)[nH]n1)c1ccc(NS(=O)(=O)c2ccc3c(c2)OCCCO3)cc1. The van der Waals surface area contributed by atoms with Crippen molar-refractivity contribution in [2.75, 3.05) is 23.3 Å². The van der Waals surface area contributed by atoms with Crippen molar-refractivity contribution < 1.29 is 22.7 Å². The van der Waals surface area contributed by atoms with Crippen LogP contribution >= 0.6 is 11.3 Å². The van der Waals surface area contributed by atoms with Crippen LogP contribution in [0.3, 0.4) is 0 Å². The highest BCUT2D eigenvalue weighted by molar-refractivity contribution is 7.92. The third kappa shape index (κ3) is 4.75. The van der Waals surface area contributed by atoms with Crippen LogP contribution in [0.5, 0.6) is 11.5 Å². The second kappa shape index (κ2) is 9.20. The first-order chi connectivity index (χ1) is 16.5. The number of nitrogens with one attached hydrogen (secondary N) is 3. The molecule has 0 saturated heterocycles. The molecule has 34 heavy (non-hydrogen) atoms. The van der Waals surface area contributed by atoms with Crippen molar-refractivity contribution in [1.29, 1.82) is 0 Å². The molecule has 0 bridgehead atoms. The van der Waals surface area contributed by atoms with Gasteiger partial charge < -0.3 is 14.8 Å². The van der Waals surface area contributed by atoms with E-state index in [1.807, 2.05) is 17.5 Å². The monoisotopic (exact) mass is 496 g/mol. The number of aromatic nitrogens is 2. The van der Waals surface area contributed by atoms with Crippen LogP contribution in [0, 0.1) is 0 Å². The lowest BCUT2D eigenvalue weighted by atomic mass is 10.2. The number of anilines is 2. The Kier molecular flexibility index (Phi) is 5.95. The molecule has 5 rings (SSSR count). The highest BCUT2D eigenvalue weighted by Crippen LogP contribution is 2.32. The molecule has 11 heteroatoms. The summed E-state index contributed by atoms with van der Waals surface area (Å²) in [6.45, 7) is 0.980. The van der Waals surface area contributed by atoms with Gasteiger partial charge in [0, 0.05) is 29.8 Å². The van der Waals surface area contributed by atoms with E-state index in [0.29, 0.717) is 41.8 Å². The highest BCUT2D eigenvalue weighted by Gasteiger charge is 2.19. The molecule has 2 aromatic heterocycles. The number of fused-ring (bicyclic) bond motifs is 1. The average Bonchev–Trinajstić information content (AvgIpc) is 3.47. The largest absolute Gasteiger partial charge is 0.490 e. The summed E-state index contributed by atoms with van der Waals surface area (Å²) in [7, 11) is -3.86. The van der Waals surface area contributed by atoms with Gasteiger partial charge in [0.2, 0.25) is 0 Å². The van der Waals surface area contributed by atoms with Gasteiger partial charge in [0.05, 0.1) is 28.7 Å². The molecule has 1 amide bonds. The highest BCUT2D eigenvalue weighted by atomic mass is 32.2. The van der Waals surface area contributed by atoms with Crippen LogP contribution < -0.4 is 19.5 Å². The minimum Gasteiger partial charge on any atom is -0.490 e. The van der Waals surface area contributed by atoms with E-state index >= 15 is 0 Å². The maximum atomic E-state index is 12.8. The molecule has 0 saturated carbocycles. The molecule has 0 atom stereocenters. The fraction of sp³-hybridized carbons (Fsp3) is 0.130. The molecule has 1 aliphatic rings. The zero-order valence-corrected chi connectivity index (χ0v) is 19.4. The van der Waals surface area contributed by atoms with Crippen LogP contribution in [0.4, 0.5) is 11.5 Å². The number of hydrogen-bond acceptors (Lipinski definition) is 7. The molecular weight excluding hydrogens is 476 g/mol. The van der Waals surface area contributed by atoms with Gasteiger partial charge in [0.15, 0.2) is 17.3 Å². The number of carbonyl (C=O) groups excluding carboxylic acids is 1. The first kappa shape index (κ1) is 22.0. The van der Waals surface area contributed by atoms with Crippen LogP contribution in [0.2, 0.25) is 0 Å². The van der Waals surface area contributed by atoms with Crippen molar-refractivity contribution in [3.8, 4) is 22.1 Å². The third-order valence-electron chi connectivity index (χ3n) is 5.03. The number of benzene rings is 2. The van der Waals surface area contributed by atoms with Crippen molar-refractivity contribution in [3.63, 3.8) is 0 Å². The molecular formula is C23H20N4O5S2. The summed E-state index contributed by atoms with van der Waals surface area (Å²) in [6.07, 6.45) is 0.727. The summed E-state index contributed by atoms with van der Waals surface area (Å²) in [4.78, 5) is 13.6. The van der Waals surface area contributed by atoms with Crippen LogP contribution in [0.15, 0.2) is 70.9 Å². The second-order valence-corrected chi connectivity index (χ2v) is 10.1. The topological polar surface area (TPSA) is 122 Å². The predicted molar refractivity (Wildman–Crippen MR) is 129 cm³/mol. The van der Waals surface area contributed by atoms with Crippen LogP contribution in [0.1, 0.15) is 16.8 Å². The summed E-state index contributed by atoms with van der Waals surface area (Å²) in [5.74, 6) is 0.952. The van der Waals surface area contributed by atoms with E-state index in [4.69, 9.17) is 9.47 Å². The fourth-order valence-corrected chi connectivity index (χ4v) is 5.11.